The fourth-order valence-electron chi connectivity index (χ4n) is 1.58. The number of aryl methyl sites for hydroxylation is 1. The third-order valence-electron chi connectivity index (χ3n) is 2.51. The van der Waals surface area contributed by atoms with Gasteiger partial charge in [-0.1, -0.05) is 10.4 Å². The Bertz CT molecular complexity index is 610. The second-order valence-electron chi connectivity index (χ2n) is 4.00. The van der Waals surface area contributed by atoms with Crippen LogP contribution in [0.2, 0.25) is 0 Å². The van der Waals surface area contributed by atoms with Crippen molar-refractivity contribution in [1.82, 2.24) is 15.0 Å². The van der Waals surface area contributed by atoms with Crippen LogP contribution in [-0.4, -0.2) is 25.9 Å². The molecule has 2 rings (SSSR count). The van der Waals surface area contributed by atoms with Crippen LogP contribution in [0.3, 0.4) is 0 Å². The Hall–Kier alpha value is -2.44. The molecule has 0 fully saturated rings. The number of halogens is 1. The minimum atomic E-state index is -0.426. The number of nitrogens with zero attached hydrogens (tertiary/aromatic N) is 4. The van der Waals surface area contributed by atoms with Gasteiger partial charge in [0.05, 0.1) is 11.9 Å². The van der Waals surface area contributed by atoms with Crippen molar-refractivity contribution in [2.24, 2.45) is 12.2 Å². The van der Waals surface area contributed by atoms with Crippen LogP contribution in [0.1, 0.15) is 18.2 Å². The number of oxime groups is 1. The molecule has 1 N–H and O–H groups in total. The van der Waals surface area contributed by atoms with Crippen molar-refractivity contribution in [2.75, 3.05) is 0 Å². The van der Waals surface area contributed by atoms with Crippen molar-refractivity contribution in [1.29, 1.82) is 0 Å². The average Bonchev–Trinajstić information content (AvgIpc) is 2.82. The van der Waals surface area contributed by atoms with Crippen molar-refractivity contribution in [3.8, 4) is 5.75 Å². The van der Waals surface area contributed by atoms with Gasteiger partial charge in [-0.15, -0.1) is 5.10 Å². The lowest BCUT2D eigenvalue weighted by Crippen LogP contribution is -2.03. The smallest absolute Gasteiger partial charge is 0.134 e. The van der Waals surface area contributed by atoms with E-state index in [9.17, 15) is 4.39 Å². The average molecular weight is 264 g/mol. The molecule has 0 unspecified atom stereocenters. The van der Waals surface area contributed by atoms with E-state index < -0.39 is 5.82 Å². The Kier molecular flexibility index (Phi) is 3.74. The summed E-state index contributed by atoms with van der Waals surface area (Å²) in [7, 11) is 1.75. The van der Waals surface area contributed by atoms with E-state index in [4.69, 9.17) is 9.94 Å². The number of hydrogen-bond acceptors (Lipinski definition) is 5. The lowest BCUT2D eigenvalue weighted by atomic mass is 10.1. The molecule has 0 bridgehead atoms. The zero-order chi connectivity index (χ0) is 13.8. The fourth-order valence-corrected chi connectivity index (χ4v) is 1.58. The molecule has 0 radical (unpaired) electrons. The van der Waals surface area contributed by atoms with Crippen LogP contribution in [0.25, 0.3) is 0 Å². The molecule has 0 aliphatic rings. The van der Waals surface area contributed by atoms with Gasteiger partial charge in [-0.2, -0.15) is 0 Å². The van der Waals surface area contributed by atoms with Crippen molar-refractivity contribution in [3.63, 3.8) is 0 Å². The largest absolute Gasteiger partial charge is 0.486 e. The van der Waals surface area contributed by atoms with Crippen LogP contribution < -0.4 is 4.74 Å². The Balaban J connectivity index is 2.20. The summed E-state index contributed by atoms with van der Waals surface area (Å²) >= 11 is 0. The second-order valence-corrected chi connectivity index (χ2v) is 4.00. The Labute approximate surface area is 109 Å². The highest BCUT2D eigenvalue weighted by Crippen LogP contribution is 2.21. The lowest BCUT2D eigenvalue weighted by Gasteiger charge is -2.09. The fraction of sp³-hybridized carbons (Fsp3) is 0.250. The van der Waals surface area contributed by atoms with Crippen molar-refractivity contribution >= 4 is 5.71 Å². The summed E-state index contributed by atoms with van der Waals surface area (Å²) in [5, 5.41) is 19.5. The van der Waals surface area contributed by atoms with Gasteiger partial charge >= 0.3 is 0 Å². The zero-order valence-electron chi connectivity index (χ0n) is 10.5. The highest BCUT2D eigenvalue weighted by molar-refractivity contribution is 6.00. The number of ether oxygens (including phenoxy) is 1. The quantitative estimate of drug-likeness (QED) is 0.518. The molecule has 7 heteroatoms. The molecular weight excluding hydrogens is 251 g/mol. The first-order valence-electron chi connectivity index (χ1n) is 5.56. The van der Waals surface area contributed by atoms with Gasteiger partial charge in [-0.3, -0.25) is 4.68 Å². The van der Waals surface area contributed by atoms with Gasteiger partial charge in [0, 0.05) is 12.6 Å². The Morgan fingerprint density at radius 1 is 1.53 bits per heavy atom. The number of benzene rings is 1. The van der Waals surface area contributed by atoms with E-state index >= 15 is 0 Å². The molecule has 19 heavy (non-hydrogen) atoms. The van der Waals surface area contributed by atoms with Crippen LogP contribution in [-0.2, 0) is 13.7 Å². The molecule has 100 valence electrons. The van der Waals surface area contributed by atoms with E-state index in [0.717, 1.165) is 0 Å². The zero-order valence-corrected chi connectivity index (χ0v) is 10.5. The summed E-state index contributed by atoms with van der Waals surface area (Å²) in [5.74, 6) is -0.00722. The van der Waals surface area contributed by atoms with Crippen LogP contribution in [0.5, 0.6) is 5.75 Å². The van der Waals surface area contributed by atoms with Gasteiger partial charge in [0.1, 0.15) is 23.9 Å². The van der Waals surface area contributed by atoms with E-state index in [-0.39, 0.29) is 12.3 Å². The molecule has 0 atom stereocenters. The predicted octanol–water partition coefficient (Wildman–Crippen LogP) is 1.73. The molecule has 0 aliphatic heterocycles. The molecule has 2 aromatic rings. The van der Waals surface area contributed by atoms with E-state index in [1.807, 2.05) is 0 Å². The number of hydrogen-bond donors (Lipinski definition) is 1. The van der Waals surface area contributed by atoms with E-state index in [2.05, 4.69) is 15.5 Å². The molecule has 0 saturated carbocycles. The van der Waals surface area contributed by atoms with Crippen LogP contribution in [0, 0.1) is 5.82 Å². The van der Waals surface area contributed by atoms with Crippen LogP contribution in [0.4, 0.5) is 4.39 Å². The predicted molar refractivity (Wildman–Crippen MR) is 65.7 cm³/mol. The molecule has 0 amide bonds. The van der Waals surface area contributed by atoms with Gasteiger partial charge < -0.3 is 9.94 Å². The Morgan fingerprint density at radius 2 is 2.32 bits per heavy atom. The summed E-state index contributed by atoms with van der Waals surface area (Å²) < 4.78 is 20.3. The molecule has 0 saturated heterocycles. The van der Waals surface area contributed by atoms with Crippen molar-refractivity contribution < 1.29 is 14.3 Å². The monoisotopic (exact) mass is 264 g/mol. The van der Waals surface area contributed by atoms with Crippen LogP contribution >= 0.6 is 0 Å². The minimum Gasteiger partial charge on any atom is -0.486 e. The molecular formula is C12H13FN4O2. The highest BCUT2D eigenvalue weighted by Gasteiger charge is 2.10. The maximum Gasteiger partial charge on any atom is 0.134 e. The third kappa shape index (κ3) is 3.06. The summed E-state index contributed by atoms with van der Waals surface area (Å²) in [5.41, 5.74) is 1.32. The first-order valence-corrected chi connectivity index (χ1v) is 5.56. The lowest BCUT2D eigenvalue weighted by molar-refractivity contribution is 0.298. The van der Waals surface area contributed by atoms with E-state index in [0.29, 0.717) is 17.0 Å². The van der Waals surface area contributed by atoms with Crippen molar-refractivity contribution in [2.45, 2.75) is 13.5 Å². The molecule has 0 spiro atoms. The standard InChI is InChI=1S/C12H13FN4O2/c1-8(15-18)11-5-9(13)3-4-12(11)19-7-10-6-17(2)16-14-10/h3-6,18H,7H2,1-2H3/b15-8-. The summed E-state index contributed by atoms with van der Waals surface area (Å²) in [6, 6.07) is 4.01. The van der Waals surface area contributed by atoms with Gasteiger partial charge in [-0.25, -0.2) is 4.39 Å². The molecule has 1 heterocycles. The van der Waals surface area contributed by atoms with Gasteiger partial charge in [-0.05, 0) is 25.1 Å². The maximum absolute atomic E-state index is 13.2. The highest BCUT2D eigenvalue weighted by atomic mass is 19.1. The first-order chi connectivity index (χ1) is 9.10. The molecule has 6 nitrogen and oxygen atoms in total. The maximum atomic E-state index is 13.2. The topological polar surface area (TPSA) is 72.5 Å². The second kappa shape index (κ2) is 5.47. The number of rotatable bonds is 4. The minimum absolute atomic E-state index is 0.200. The normalized spacial score (nSPS) is 11.6. The van der Waals surface area contributed by atoms with Gasteiger partial charge in [0.15, 0.2) is 0 Å². The molecule has 1 aromatic carbocycles. The van der Waals surface area contributed by atoms with Gasteiger partial charge in [0.2, 0.25) is 0 Å². The molecule has 1 aromatic heterocycles. The van der Waals surface area contributed by atoms with Crippen LogP contribution in [0.15, 0.2) is 29.6 Å². The van der Waals surface area contributed by atoms with E-state index in [1.165, 1.54) is 18.2 Å². The summed E-state index contributed by atoms with van der Waals surface area (Å²) in [6.45, 7) is 1.76. The first kappa shape index (κ1) is 13.0. The summed E-state index contributed by atoms with van der Waals surface area (Å²) in [6.07, 6.45) is 1.72. The SMILES string of the molecule is C/C(=N/O)c1cc(F)ccc1OCc1cn(C)nn1. The van der Waals surface area contributed by atoms with Crippen molar-refractivity contribution in [3.05, 3.63) is 41.5 Å². The van der Waals surface area contributed by atoms with Gasteiger partial charge in [0.25, 0.3) is 0 Å². The number of aromatic nitrogens is 3. The summed E-state index contributed by atoms with van der Waals surface area (Å²) in [4.78, 5) is 0. The Morgan fingerprint density at radius 3 is 2.95 bits per heavy atom. The third-order valence-corrected chi connectivity index (χ3v) is 2.51. The van der Waals surface area contributed by atoms with E-state index in [1.54, 1.807) is 24.9 Å². The molecule has 0 aliphatic carbocycles.